The molecule has 7 heteroatoms. The molecule has 0 aliphatic heterocycles. The van der Waals surface area contributed by atoms with Gasteiger partial charge in [0, 0.05) is 11.7 Å². The number of nitrogens with one attached hydrogen (secondary N) is 1. The molecule has 1 amide bonds. The van der Waals surface area contributed by atoms with Crippen LogP contribution >= 0.6 is 24.0 Å². The van der Waals surface area contributed by atoms with Gasteiger partial charge in [-0.15, -0.1) is 0 Å². The second-order valence-corrected chi connectivity index (χ2v) is 8.24. The summed E-state index contributed by atoms with van der Waals surface area (Å²) in [5.41, 5.74) is -0.0115. The number of thiocarbonyl (C=S) groups is 1. The van der Waals surface area contributed by atoms with E-state index in [0.717, 1.165) is 31.4 Å². The Labute approximate surface area is 153 Å². The first-order chi connectivity index (χ1) is 11.3. The summed E-state index contributed by atoms with van der Waals surface area (Å²) < 4.78 is 5.76. The molecule has 0 aromatic rings. The van der Waals surface area contributed by atoms with Crippen molar-refractivity contribution < 1.29 is 19.4 Å². The van der Waals surface area contributed by atoms with Gasteiger partial charge in [-0.2, -0.15) is 0 Å². The Morgan fingerprint density at radius 2 is 2.04 bits per heavy atom. The summed E-state index contributed by atoms with van der Waals surface area (Å²) in [6, 6.07) is 0. The van der Waals surface area contributed by atoms with Gasteiger partial charge < -0.3 is 15.2 Å². The fourth-order valence-electron chi connectivity index (χ4n) is 2.31. The van der Waals surface area contributed by atoms with Gasteiger partial charge in [-0.1, -0.05) is 38.1 Å². The third-order valence-electron chi connectivity index (χ3n) is 4.00. The van der Waals surface area contributed by atoms with Crippen molar-refractivity contribution in [3.63, 3.8) is 0 Å². The number of unbranched alkanes of at least 4 members (excludes halogenated alkanes) is 3. The monoisotopic (exact) mass is 373 g/mol. The van der Waals surface area contributed by atoms with Gasteiger partial charge in [-0.05, 0) is 50.2 Å². The van der Waals surface area contributed by atoms with Crippen LogP contribution in [0.15, 0.2) is 11.8 Å². The third kappa shape index (κ3) is 7.66. The lowest BCUT2D eigenvalue weighted by Crippen LogP contribution is -2.29. The molecule has 0 spiro atoms. The van der Waals surface area contributed by atoms with Crippen molar-refractivity contribution in [1.82, 2.24) is 5.32 Å². The summed E-state index contributed by atoms with van der Waals surface area (Å²) >= 11 is 6.56. The van der Waals surface area contributed by atoms with Crippen LogP contribution in [0.25, 0.3) is 0 Å². The van der Waals surface area contributed by atoms with E-state index in [2.05, 4.69) is 5.32 Å². The normalized spacial score (nSPS) is 18.8. The van der Waals surface area contributed by atoms with E-state index in [9.17, 15) is 14.7 Å². The van der Waals surface area contributed by atoms with E-state index in [4.69, 9.17) is 17.0 Å². The summed E-state index contributed by atoms with van der Waals surface area (Å²) in [4.78, 5) is 23.2. The average molecular weight is 374 g/mol. The maximum absolute atomic E-state index is 12.0. The molecule has 5 nitrogen and oxygen atoms in total. The minimum atomic E-state index is -1.08. The van der Waals surface area contributed by atoms with E-state index in [-0.39, 0.29) is 22.9 Å². The van der Waals surface area contributed by atoms with Crippen molar-refractivity contribution in [1.29, 1.82) is 0 Å². The second kappa shape index (κ2) is 10.0. The van der Waals surface area contributed by atoms with Crippen LogP contribution in [-0.4, -0.2) is 33.7 Å². The first kappa shape index (κ1) is 21.0. The molecule has 1 fully saturated rings. The third-order valence-corrected chi connectivity index (χ3v) is 5.31. The maximum atomic E-state index is 12.0. The number of hydrogen-bond acceptors (Lipinski definition) is 5. The highest BCUT2D eigenvalue weighted by Gasteiger charge is 2.50. The highest BCUT2D eigenvalue weighted by atomic mass is 32.2. The number of carbonyl (C=O) groups is 2. The van der Waals surface area contributed by atoms with Crippen LogP contribution in [0.5, 0.6) is 0 Å². The van der Waals surface area contributed by atoms with Crippen molar-refractivity contribution in [2.24, 2.45) is 11.3 Å². The molecular formula is C17H27NO4S2. The molecule has 0 aromatic carbocycles. The number of carboxylic acids is 1. The van der Waals surface area contributed by atoms with Gasteiger partial charge in [-0.3, -0.25) is 4.79 Å². The van der Waals surface area contributed by atoms with Crippen LogP contribution in [-0.2, 0) is 14.3 Å². The molecule has 0 saturated heterocycles. The number of allylic oxidation sites excluding steroid dienone is 1. The fourth-order valence-corrected chi connectivity index (χ4v) is 3.40. The van der Waals surface area contributed by atoms with Crippen LogP contribution in [0, 0.1) is 11.3 Å². The van der Waals surface area contributed by atoms with Crippen molar-refractivity contribution >= 4 is 40.2 Å². The Hall–Kier alpha value is -1.08. The molecular weight excluding hydrogens is 346 g/mol. The summed E-state index contributed by atoms with van der Waals surface area (Å²) in [6.45, 7) is 6.52. The van der Waals surface area contributed by atoms with Gasteiger partial charge in [-0.25, -0.2) is 4.79 Å². The number of rotatable bonds is 10. The molecule has 136 valence electrons. The number of aliphatic carboxylic acids is 1. The minimum absolute atomic E-state index is 0.00500. The predicted octanol–water partition coefficient (Wildman–Crippen LogP) is 3.73. The number of amides is 1. The second-order valence-electron chi connectivity index (χ2n) is 6.54. The van der Waals surface area contributed by atoms with E-state index >= 15 is 0 Å². The minimum Gasteiger partial charge on any atom is -0.479 e. The van der Waals surface area contributed by atoms with Crippen molar-refractivity contribution in [2.45, 2.75) is 52.9 Å². The van der Waals surface area contributed by atoms with E-state index in [1.165, 1.54) is 11.8 Å². The number of carboxylic acid groups (broad SMARTS) is 1. The molecule has 1 aliphatic carbocycles. The van der Waals surface area contributed by atoms with Gasteiger partial charge in [0.1, 0.15) is 5.70 Å². The molecule has 1 rings (SSSR count). The Morgan fingerprint density at radius 3 is 2.58 bits per heavy atom. The lowest BCUT2D eigenvalue weighted by atomic mass is 10.1. The standard InChI is InChI=1S/C17H27NO4S2/c1-4-22-16(23)24-10-8-6-5-7-9-13(15(20)21)18-14(19)12-11-17(12,2)3/h9,12H,4-8,10-11H2,1-3H3,(H,18,19)(H,20,21). The van der Waals surface area contributed by atoms with Gasteiger partial charge >= 0.3 is 5.97 Å². The Bertz CT molecular complexity index is 503. The number of thioether (sulfide) groups is 1. The quantitative estimate of drug-likeness (QED) is 0.345. The van der Waals surface area contributed by atoms with Crippen molar-refractivity contribution in [2.75, 3.05) is 12.4 Å². The molecule has 0 bridgehead atoms. The zero-order valence-electron chi connectivity index (χ0n) is 14.6. The molecule has 1 unspecified atom stereocenters. The largest absolute Gasteiger partial charge is 0.479 e. The van der Waals surface area contributed by atoms with Crippen molar-refractivity contribution in [3.8, 4) is 0 Å². The Kier molecular flexibility index (Phi) is 8.76. The molecule has 1 atom stereocenters. The molecule has 24 heavy (non-hydrogen) atoms. The fraction of sp³-hybridized carbons (Fsp3) is 0.706. The van der Waals surface area contributed by atoms with E-state index in [1.807, 2.05) is 20.8 Å². The number of carbonyl (C=O) groups excluding carboxylic acids is 1. The number of ether oxygens (including phenoxy) is 1. The molecule has 0 aromatic heterocycles. The van der Waals surface area contributed by atoms with Crippen LogP contribution in [0.2, 0.25) is 0 Å². The maximum Gasteiger partial charge on any atom is 0.352 e. The lowest BCUT2D eigenvalue weighted by Gasteiger charge is -2.07. The summed E-state index contributed by atoms with van der Waals surface area (Å²) in [5, 5.41) is 11.7. The molecule has 0 heterocycles. The first-order valence-electron chi connectivity index (χ1n) is 8.31. The van der Waals surface area contributed by atoms with Crippen LogP contribution < -0.4 is 5.32 Å². The summed E-state index contributed by atoms with van der Waals surface area (Å²) in [6.07, 6.45) is 5.91. The Balaban J connectivity index is 2.23. The van der Waals surface area contributed by atoms with Crippen LogP contribution in [0.1, 0.15) is 52.9 Å². The average Bonchev–Trinajstić information content (AvgIpc) is 3.13. The van der Waals surface area contributed by atoms with Gasteiger partial charge in [0.05, 0.1) is 6.61 Å². The SMILES string of the molecule is CCOC(=S)SCCCCCC=C(NC(=O)C1CC1(C)C)C(=O)O. The zero-order valence-corrected chi connectivity index (χ0v) is 16.2. The summed E-state index contributed by atoms with van der Waals surface area (Å²) in [5.74, 6) is -0.442. The zero-order chi connectivity index (χ0) is 18.2. The van der Waals surface area contributed by atoms with E-state index in [1.54, 1.807) is 6.08 Å². The first-order valence-corrected chi connectivity index (χ1v) is 9.71. The topological polar surface area (TPSA) is 75.6 Å². The molecule has 1 saturated carbocycles. The van der Waals surface area contributed by atoms with Gasteiger partial charge in [0.2, 0.25) is 10.3 Å². The summed E-state index contributed by atoms with van der Waals surface area (Å²) in [7, 11) is 0. The Morgan fingerprint density at radius 1 is 1.38 bits per heavy atom. The lowest BCUT2D eigenvalue weighted by molar-refractivity contribution is -0.135. The number of hydrogen-bond donors (Lipinski definition) is 2. The highest BCUT2D eigenvalue weighted by molar-refractivity contribution is 8.22. The van der Waals surface area contributed by atoms with Crippen LogP contribution in [0.4, 0.5) is 0 Å². The van der Waals surface area contributed by atoms with Crippen molar-refractivity contribution in [3.05, 3.63) is 11.8 Å². The van der Waals surface area contributed by atoms with E-state index < -0.39 is 5.97 Å². The highest BCUT2D eigenvalue weighted by Crippen LogP contribution is 2.51. The van der Waals surface area contributed by atoms with Gasteiger partial charge in [0.15, 0.2) is 0 Å². The predicted molar refractivity (Wildman–Crippen MR) is 101 cm³/mol. The smallest absolute Gasteiger partial charge is 0.352 e. The van der Waals surface area contributed by atoms with Crippen LogP contribution in [0.3, 0.4) is 0 Å². The van der Waals surface area contributed by atoms with E-state index in [0.29, 0.717) is 17.4 Å². The molecule has 2 N–H and O–H groups in total. The molecule has 0 radical (unpaired) electrons. The molecule has 1 aliphatic rings. The van der Waals surface area contributed by atoms with Gasteiger partial charge in [0.25, 0.3) is 0 Å².